The Morgan fingerprint density at radius 1 is 1.71 bits per heavy atom. The Labute approximate surface area is 85.5 Å². The van der Waals surface area contributed by atoms with Crippen molar-refractivity contribution in [3.05, 3.63) is 22.8 Å². The molecule has 0 fully saturated rings. The summed E-state index contributed by atoms with van der Waals surface area (Å²) >= 11 is 5.56. The van der Waals surface area contributed by atoms with E-state index in [0.717, 1.165) is 0 Å². The van der Waals surface area contributed by atoms with Crippen molar-refractivity contribution in [2.24, 2.45) is 0 Å². The molecule has 0 saturated carbocycles. The van der Waals surface area contributed by atoms with Gasteiger partial charge in [0.15, 0.2) is 6.61 Å². The van der Waals surface area contributed by atoms with Crippen LogP contribution < -0.4 is 4.74 Å². The van der Waals surface area contributed by atoms with E-state index in [4.69, 9.17) is 27.9 Å². The summed E-state index contributed by atoms with van der Waals surface area (Å²) in [6.45, 7) is -0.0480. The zero-order valence-electron chi connectivity index (χ0n) is 7.03. The van der Waals surface area contributed by atoms with Gasteiger partial charge in [0.1, 0.15) is 10.7 Å². The Morgan fingerprint density at radius 3 is 3.00 bits per heavy atom. The third kappa shape index (κ3) is 2.38. The van der Waals surface area contributed by atoms with Crippen LogP contribution >= 0.6 is 11.6 Å². The molecule has 0 bridgehead atoms. The number of ether oxygens (including phenoxy) is 1. The van der Waals surface area contributed by atoms with Crippen LogP contribution in [0.5, 0.6) is 5.88 Å². The van der Waals surface area contributed by atoms with E-state index in [1.807, 2.05) is 0 Å². The molecule has 0 amide bonds. The van der Waals surface area contributed by atoms with Gasteiger partial charge in [-0.05, 0) is 12.1 Å². The highest BCUT2D eigenvalue weighted by atomic mass is 35.5. The van der Waals surface area contributed by atoms with E-state index in [9.17, 15) is 4.79 Å². The standard InChI is InChI=1S/C9H6ClNO3/c1-2-5-14-8-6(9(12)13)3-4-7(10)11-8/h1,3-4H,5H2,(H,12,13). The molecule has 1 aromatic heterocycles. The number of aromatic nitrogens is 1. The number of carbonyl (C=O) groups is 1. The summed E-state index contributed by atoms with van der Waals surface area (Å²) in [5.74, 6) is 0.999. The SMILES string of the molecule is C#CCOc1nc(Cl)ccc1C(=O)O. The number of nitrogens with zero attached hydrogens (tertiary/aromatic N) is 1. The van der Waals surface area contributed by atoms with Crippen LogP contribution in [0.1, 0.15) is 10.4 Å². The molecule has 72 valence electrons. The molecule has 0 aliphatic rings. The fraction of sp³-hybridized carbons (Fsp3) is 0.111. The molecule has 1 heterocycles. The number of rotatable bonds is 3. The first kappa shape index (κ1) is 10.4. The highest BCUT2D eigenvalue weighted by Gasteiger charge is 2.12. The van der Waals surface area contributed by atoms with Gasteiger partial charge in [0, 0.05) is 0 Å². The number of pyridine rings is 1. The highest BCUT2D eigenvalue weighted by molar-refractivity contribution is 6.29. The van der Waals surface area contributed by atoms with Crippen molar-refractivity contribution in [2.45, 2.75) is 0 Å². The zero-order valence-corrected chi connectivity index (χ0v) is 7.78. The van der Waals surface area contributed by atoms with Gasteiger partial charge in [0.2, 0.25) is 5.88 Å². The van der Waals surface area contributed by atoms with Crippen LogP contribution in [0.25, 0.3) is 0 Å². The fourth-order valence-electron chi connectivity index (χ4n) is 0.801. The molecule has 0 atom stereocenters. The summed E-state index contributed by atoms with van der Waals surface area (Å²) in [6, 6.07) is 2.68. The molecule has 0 radical (unpaired) electrons. The summed E-state index contributed by atoms with van der Waals surface area (Å²) in [5, 5.41) is 8.90. The maximum atomic E-state index is 10.7. The van der Waals surface area contributed by atoms with E-state index in [0.29, 0.717) is 0 Å². The molecule has 0 unspecified atom stereocenters. The van der Waals surface area contributed by atoms with Gasteiger partial charge < -0.3 is 9.84 Å². The predicted molar refractivity (Wildman–Crippen MR) is 50.5 cm³/mol. The van der Waals surface area contributed by atoms with Crippen LogP contribution in [0.4, 0.5) is 0 Å². The molecular weight excluding hydrogens is 206 g/mol. The molecule has 1 rings (SSSR count). The molecule has 4 nitrogen and oxygen atoms in total. The number of terminal acetylenes is 1. The van der Waals surface area contributed by atoms with Gasteiger partial charge in [-0.2, -0.15) is 0 Å². The molecule has 5 heteroatoms. The molecule has 1 aromatic rings. The van der Waals surface area contributed by atoms with Crippen molar-refractivity contribution in [2.75, 3.05) is 6.61 Å². The van der Waals surface area contributed by atoms with Crippen LogP contribution in [0, 0.1) is 12.3 Å². The maximum absolute atomic E-state index is 10.7. The number of hydrogen-bond donors (Lipinski definition) is 1. The molecule has 0 saturated heterocycles. The summed E-state index contributed by atoms with van der Waals surface area (Å²) in [4.78, 5) is 14.4. The third-order valence-electron chi connectivity index (χ3n) is 1.35. The summed E-state index contributed by atoms with van der Waals surface area (Å²) in [6.07, 6.45) is 4.96. The lowest BCUT2D eigenvalue weighted by molar-refractivity contribution is 0.0692. The van der Waals surface area contributed by atoms with Gasteiger partial charge >= 0.3 is 5.97 Å². The lowest BCUT2D eigenvalue weighted by atomic mass is 10.3. The van der Waals surface area contributed by atoms with Crippen molar-refractivity contribution in [1.29, 1.82) is 0 Å². The van der Waals surface area contributed by atoms with Gasteiger partial charge in [0.05, 0.1) is 0 Å². The van der Waals surface area contributed by atoms with Crippen molar-refractivity contribution in [1.82, 2.24) is 4.98 Å². The molecule has 1 N–H and O–H groups in total. The number of carboxylic acids is 1. The van der Waals surface area contributed by atoms with Gasteiger partial charge in [-0.1, -0.05) is 17.5 Å². The molecule has 0 aromatic carbocycles. The largest absolute Gasteiger partial charge is 0.477 e. The number of hydrogen-bond acceptors (Lipinski definition) is 3. The van der Waals surface area contributed by atoms with E-state index in [1.54, 1.807) is 0 Å². The van der Waals surface area contributed by atoms with E-state index in [1.165, 1.54) is 12.1 Å². The van der Waals surface area contributed by atoms with Crippen molar-refractivity contribution >= 4 is 17.6 Å². The van der Waals surface area contributed by atoms with Gasteiger partial charge in [-0.3, -0.25) is 0 Å². The first-order valence-electron chi connectivity index (χ1n) is 3.61. The number of aromatic carboxylic acids is 1. The second-order valence-electron chi connectivity index (χ2n) is 2.28. The second-order valence-corrected chi connectivity index (χ2v) is 2.67. The second kappa shape index (κ2) is 4.49. The predicted octanol–water partition coefficient (Wildman–Crippen LogP) is 1.45. The Bertz CT molecular complexity index is 398. The Morgan fingerprint density at radius 2 is 2.43 bits per heavy atom. The fourth-order valence-corrected chi connectivity index (χ4v) is 0.940. The van der Waals surface area contributed by atoms with Crippen LogP contribution in [0.15, 0.2) is 12.1 Å². The Balaban J connectivity index is 3.04. The highest BCUT2D eigenvalue weighted by Crippen LogP contribution is 2.18. The molecule has 0 spiro atoms. The minimum atomic E-state index is -1.14. The first-order chi connectivity index (χ1) is 6.65. The maximum Gasteiger partial charge on any atom is 0.341 e. The van der Waals surface area contributed by atoms with E-state index >= 15 is 0 Å². The zero-order chi connectivity index (χ0) is 10.6. The van der Waals surface area contributed by atoms with Gasteiger partial charge in [0.25, 0.3) is 0 Å². The monoisotopic (exact) mass is 211 g/mol. The average molecular weight is 212 g/mol. The Kier molecular flexibility index (Phi) is 3.32. The van der Waals surface area contributed by atoms with E-state index < -0.39 is 5.97 Å². The number of halogens is 1. The molecule has 0 aliphatic carbocycles. The summed E-state index contributed by atoms with van der Waals surface area (Å²) in [5.41, 5.74) is -0.0651. The van der Waals surface area contributed by atoms with E-state index in [-0.39, 0.29) is 23.2 Å². The smallest absolute Gasteiger partial charge is 0.341 e. The van der Waals surface area contributed by atoms with Gasteiger partial charge in [-0.15, -0.1) is 6.42 Å². The molecule has 14 heavy (non-hydrogen) atoms. The number of carboxylic acid groups (broad SMARTS) is 1. The quantitative estimate of drug-likeness (QED) is 0.607. The summed E-state index contributed by atoms with van der Waals surface area (Å²) in [7, 11) is 0. The van der Waals surface area contributed by atoms with Crippen molar-refractivity contribution in [3.8, 4) is 18.2 Å². The topological polar surface area (TPSA) is 59.4 Å². The van der Waals surface area contributed by atoms with Crippen LogP contribution in [0.3, 0.4) is 0 Å². The van der Waals surface area contributed by atoms with Crippen molar-refractivity contribution in [3.63, 3.8) is 0 Å². The normalized spacial score (nSPS) is 9.14. The lowest BCUT2D eigenvalue weighted by Gasteiger charge is -2.04. The average Bonchev–Trinajstić information content (AvgIpc) is 2.14. The van der Waals surface area contributed by atoms with E-state index in [2.05, 4.69) is 10.9 Å². The lowest BCUT2D eigenvalue weighted by Crippen LogP contribution is -2.05. The first-order valence-corrected chi connectivity index (χ1v) is 3.99. The Hall–Kier alpha value is -1.73. The van der Waals surface area contributed by atoms with Crippen molar-refractivity contribution < 1.29 is 14.6 Å². The van der Waals surface area contributed by atoms with Crippen LogP contribution in [-0.2, 0) is 0 Å². The van der Waals surface area contributed by atoms with Crippen LogP contribution in [-0.4, -0.2) is 22.7 Å². The molecule has 0 aliphatic heterocycles. The summed E-state index contributed by atoms with van der Waals surface area (Å²) < 4.78 is 4.92. The third-order valence-corrected chi connectivity index (χ3v) is 1.56. The van der Waals surface area contributed by atoms with Gasteiger partial charge in [-0.25, -0.2) is 9.78 Å². The molecular formula is C9H6ClNO3. The minimum Gasteiger partial charge on any atom is -0.477 e. The van der Waals surface area contributed by atoms with Crippen LogP contribution in [0.2, 0.25) is 5.15 Å². The minimum absolute atomic E-state index is 0.0480.